The highest BCUT2D eigenvalue weighted by atomic mass is 19.1. The van der Waals surface area contributed by atoms with Crippen LogP contribution in [0, 0.1) is 11.6 Å². The molecular weight excluding hydrogens is 296 g/mol. The number of halogens is 2. The summed E-state index contributed by atoms with van der Waals surface area (Å²) >= 11 is 0. The van der Waals surface area contributed by atoms with E-state index in [9.17, 15) is 8.78 Å². The lowest BCUT2D eigenvalue weighted by Gasteiger charge is -2.08. The van der Waals surface area contributed by atoms with E-state index >= 15 is 0 Å². The summed E-state index contributed by atoms with van der Waals surface area (Å²) in [6, 6.07) is 7.44. The summed E-state index contributed by atoms with van der Waals surface area (Å²) in [6.07, 6.45) is 2.39. The van der Waals surface area contributed by atoms with Gasteiger partial charge in [-0.3, -0.25) is 4.98 Å². The van der Waals surface area contributed by atoms with Crippen LogP contribution in [0.5, 0.6) is 5.75 Å². The largest absolute Gasteiger partial charge is 0.495 e. The highest BCUT2D eigenvalue weighted by Crippen LogP contribution is 2.22. The number of benzene rings is 1. The van der Waals surface area contributed by atoms with Crippen LogP contribution in [-0.2, 0) is 6.42 Å². The van der Waals surface area contributed by atoms with Gasteiger partial charge in [0.2, 0.25) is 0 Å². The summed E-state index contributed by atoms with van der Waals surface area (Å²) in [6.45, 7) is 10.0. The predicted molar refractivity (Wildman–Crippen MR) is 92.0 cm³/mol. The van der Waals surface area contributed by atoms with Crippen molar-refractivity contribution in [3.05, 3.63) is 59.4 Å². The minimum Gasteiger partial charge on any atom is -0.495 e. The second-order valence-electron chi connectivity index (χ2n) is 4.83. The molecule has 0 spiro atoms. The Hall–Kier alpha value is -1.97. The van der Waals surface area contributed by atoms with Crippen molar-refractivity contribution < 1.29 is 13.5 Å². The minimum absolute atomic E-state index is 0.422. The van der Waals surface area contributed by atoms with Crippen molar-refractivity contribution in [1.82, 2.24) is 4.98 Å². The monoisotopic (exact) mass is 323 g/mol. The number of hydrogen-bond acceptors (Lipinski definition) is 2. The predicted octanol–water partition coefficient (Wildman–Crippen LogP) is 5.77. The topological polar surface area (TPSA) is 22.1 Å². The average molecular weight is 323 g/mol. The van der Waals surface area contributed by atoms with Crippen LogP contribution in [0.25, 0.3) is 0 Å². The minimum atomic E-state index is -0.519. The Balaban J connectivity index is 0.000000381. The molecule has 23 heavy (non-hydrogen) atoms. The maximum absolute atomic E-state index is 12.6. The van der Waals surface area contributed by atoms with E-state index < -0.39 is 11.6 Å². The molecule has 128 valence electrons. The zero-order valence-electron chi connectivity index (χ0n) is 14.9. The number of hydrogen-bond donors (Lipinski definition) is 0. The third-order valence-corrected chi connectivity index (χ3v) is 2.96. The van der Waals surface area contributed by atoms with Crippen molar-refractivity contribution in [1.29, 1.82) is 0 Å². The van der Waals surface area contributed by atoms with Gasteiger partial charge in [-0.25, -0.2) is 8.78 Å². The summed E-state index contributed by atoms with van der Waals surface area (Å²) in [5, 5.41) is 0. The molecule has 0 radical (unpaired) electrons. The summed E-state index contributed by atoms with van der Waals surface area (Å²) < 4.78 is 30.0. The molecule has 0 saturated carbocycles. The van der Waals surface area contributed by atoms with Crippen LogP contribution < -0.4 is 4.74 Å². The molecule has 0 N–H and O–H groups in total. The number of methoxy groups -OCH3 is 1. The molecule has 2 rings (SSSR count). The standard InChI is InChI=1S/C9H13NO.C8H8F2.C2H6/c1-7(2)9-8(11-3)5-4-6-10-9;1-2-6-3-4-7(9)5-8(6)10;1-2/h4-7H,1-3H3;3-5H,2H2,1H3;1-2H3. The van der Waals surface area contributed by atoms with E-state index in [-0.39, 0.29) is 0 Å². The molecule has 1 heterocycles. The molecular formula is C19H27F2NO. The van der Waals surface area contributed by atoms with Crippen molar-refractivity contribution in [2.75, 3.05) is 7.11 Å². The average Bonchev–Trinajstić information content (AvgIpc) is 2.57. The molecule has 2 aromatic rings. The molecule has 1 aromatic heterocycles. The molecule has 0 amide bonds. The molecule has 2 nitrogen and oxygen atoms in total. The Morgan fingerprint density at radius 3 is 2.22 bits per heavy atom. The first kappa shape index (κ1) is 21.0. The van der Waals surface area contributed by atoms with Gasteiger partial charge < -0.3 is 4.74 Å². The van der Waals surface area contributed by atoms with Gasteiger partial charge in [0, 0.05) is 12.3 Å². The number of aromatic nitrogens is 1. The van der Waals surface area contributed by atoms with Gasteiger partial charge in [-0.1, -0.05) is 40.7 Å². The van der Waals surface area contributed by atoms with E-state index in [4.69, 9.17) is 4.74 Å². The normalized spacial score (nSPS) is 9.43. The molecule has 0 aliphatic heterocycles. The third kappa shape index (κ3) is 7.22. The second kappa shape index (κ2) is 11.6. The van der Waals surface area contributed by atoms with Gasteiger partial charge in [0.1, 0.15) is 17.4 Å². The highest BCUT2D eigenvalue weighted by molar-refractivity contribution is 5.28. The van der Waals surface area contributed by atoms with Crippen molar-refractivity contribution in [2.45, 2.75) is 47.0 Å². The number of rotatable bonds is 3. The van der Waals surface area contributed by atoms with Crippen LogP contribution in [-0.4, -0.2) is 12.1 Å². The van der Waals surface area contributed by atoms with Crippen LogP contribution in [0.1, 0.15) is 51.8 Å². The molecule has 0 bridgehead atoms. The summed E-state index contributed by atoms with van der Waals surface area (Å²) in [5.74, 6) is 0.325. The number of nitrogens with zero attached hydrogens (tertiary/aromatic N) is 1. The van der Waals surface area contributed by atoms with Gasteiger partial charge in [-0.2, -0.15) is 0 Å². The van der Waals surface area contributed by atoms with Crippen molar-refractivity contribution in [3.63, 3.8) is 0 Å². The molecule has 0 saturated heterocycles. The molecule has 0 fully saturated rings. The van der Waals surface area contributed by atoms with E-state index in [1.807, 2.05) is 32.9 Å². The second-order valence-corrected chi connectivity index (χ2v) is 4.83. The third-order valence-electron chi connectivity index (χ3n) is 2.96. The van der Waals surface area contributed by atoms with Crippen LogP contribution in [0.3, 0.4) is 0 Å². The van der Waals surface area contributed by atoms with Crippen LogP contribution >= 0.6 is 0 Å². The van der Waals surface area contributed by atoms with Crippen LogP contribution in [0.15, 0.2) is 36.5 Å². The number of pyridine rings is 1. The van der Waals surface area contributed by atoms with Gasteiger partial charge in [0.05, 0.1) is 12.8 Å². The quantitative estimate of drug-likeness (QED) is 0.715. The zero-order valence-corrected chi connectivity index (χ0v) is 14.9. The van der Waals surface area contributed by atoms with Gasteiger partial charge >= 0.3 is 0 Å². The fraction of sp³-hybridized carbons (Fsp3) is 0.421. The lowest BCUT2D eigenvalue weighted by Crippen LogP contribution is -1.96. The van der Waals surface area contributed by atoms with E-state index in [0.29, 0.717) is 17.9 Å². The lowest BCUT2D eigenvalue weighted by molar-refractivity contribution is 0.404. The maximum atomic E-state index is 12.6. The zero-order chi connectivity index (χ0) is 17.8. The van der Waals surface area contributed by atoms with E-state index in [1.165, 1.54) is 12.1 Å². The smallest absolute Gasteiger partial charge is 0.140 e. The Kier molecular flexibility index (Phi) is 10.6. The SMILES string of the molecule is CC.CCc1ccc(F)cc1F.COc1cccnc1C(C)C. The molecule has 1 aromatic carbocycles. The lowest BCUT2D eigenvalue weighted by atomic mass is 10.1. The Bertz CT molecular complexity index is 571. The summed E-state index contributed by atoms with van der Waals surface area (Å²) in [7, 11) is 1.67. The maximum Gasteiger partial charge on any atom is 0.140 e. The Morgan fingerprint density at radius 1 is 1.13 bits per heavy atom. The van der Waals surface area contributed by atoms with Crippen molar-refractivity contribution >= 4 is 0 Å². The molecule has 0 atom stereocenters. The Labute approximate surface area is 138 Å². The molecule has 0 unspecified atom stereocenters. The number of aryl methyl sites for hydroxylation is 1. The highest BCUT2D eigenvalue weighted by Gasteiger charge is 2.06. The molecule has 0 aliphatic carbocycles. The first-order chi connectivity index (χ1) is 11.0. The summed E-state index contributed by atoms with van der Waals surface area (Å²) in [5.41, 5.74) is 1.58. The van der Waals surface area contributed by atoms with E-state index in [0.717, 1.165) is 17.5 Å². The van der Waals surface area contributed by atoms with Gasteiger partial charge in [0.15, 0.2) is 0 Å². The summed E-state index contributed by atoms with van der Waals surface area (Å²) in [4.78, 5) is 4.22. The van der Waals surface area contributed by atoms with E-state index in [1.54, 1.807) is 13.3 Å². The van der Waals surface area contributed by atoms with Gasteiger partial charge in [0.25, 0.3) is 0 Å². The first-order valence-corrected chi connectivity index (χ1v) is 7.92. The van der Waals surface area contributed by atoms with Crippen molar-refractivity contribution in [3.8, 4) is 5.75 Å². The number of ether oxygens (including phenoxy) is 1. The first-order valence-electron chi connectivity index (χ1n) is 7.92. The molecule has 4 heteroatoms. The van der Waals surface area contributed by atoms with Gasteiger partial charge in [-0.15, -0.1) is 0 Å². The fourth-order valence-corrected chi connectivity index (χ4v) is 1.82. The van der Waals surface area contributed by atoms with Crippen LogP contribution in [0.4, 0.5) is 8.78 Å². The Morgan fingerprint density at radius 2 is 1.78 bits per heavy atom. The van der Waals surface area contributed by atoms with E-state index in [2.05, 4.69) is 18.8 Å². The molecule has 0 aliphatic rings. The van der Waals surface area contributed by atoms with Crippen molar-refractivity contribution in [2.24, 2.45) is 0 Å². The van der Waals surface area contributed by atoms with Crippen LogP contribution in [0.2, 0.25) is 0 Å². The van der Waals surface area contributed by atoms with Gasteiger partial charge in [-0.05, 0) is 36.1 Å². The fourth-order valence-electron chi connectivity index (χ4n) is 1.82.